The number of halogens is 1. The Morgan fingerprint density at radius 3 is 2.25 bits per heavy atom. The van der Waals surface area contributed by atoms with Gasteiger partial charge in [0, 0.05) is 10.2 Å². The Morgan fingerprint density at radius 2 is 1.62 bits per heavy atom. The molecule has 126 valence electrons. The Morgan fingerprint density at radius 1 is 1.00 bits per heavy atom. The zero-order chi connectivity index (χ0) is 17.7. The monoisotopic (exact) mass is 388 g/mol. The lowest BCUT2D eigenvalue weighted by atomic mass is 10.1. The third kappa shape index (κ3) is 4.93. The second-order valence-corrected chi connectivity index (χ2v) is 6.72. The van der Waals surface area contributed by atoms with Crippen LogP contribution in [0.4, 0.5) is 5.69 Å². The number of hydrogen-bond donors (Lipinski definition) is 2. The molecule has 0 saturated carbocycles. The van der Waals surface area contributed by atoms with Gasteiger partial charge in [-0.3, -0.25) is 9.59 Å². The van der Waals surface area contributed by atoms with Gasteiger partial charge in [0.05, 0.1) is 13.0 Å². The van der Waals surface area contributed by atoms with E-state index in [4.69, 9.17) is 0 Å². The highest BCUT2D eigenvalue weighted by Crippen LogP contribution is 2.21. The van der Waals surface area contributed by atoms with Gasteiger partial charge in [-0.2, -0.15) is 0 Å². The molecule has 4 nitrogen and oxygen atoms in total. The maximum absolute atomic E-state index is 12.1. The van der Waals surface area contributed by atoms with Crippen LogP contribution >= 0.6 is 15.9 Å². The van der Waals surface area contributed by atoms with Gasteiger partial charge in [-0.15, -0.1) is 0 Å². The van der Waals surface area contributed by atoms with Crippen LogP contribution in [-0.4, -0.2) is 18.4 Å². The average Bonchev–Trinajstić information content (AvgIpc) is 2.51. The lowest BCUT2D eigenvalue weighted by Crippen LogP contribution is -2.34. The number of hydrogen-bond acceptors (Lipinski definition) is 2. The summed E-state index contributed by atoms with van der Waals surface area (Å²) in [4.78, 5) is 24.1. The molecule has 0 aliphatic rings. The Bertz CT molecular complexity index is 749. The van der Waals surface area contributed by atoms with Crippen LogP contribution in [0.3, 0.4) is 0 Å². The van der Waals surface area contributed by atoms with Crippen molar-refractivity contribution in [3.8, 4) is 0 Å². The summed E-state index contributed by atoms with van der Waals surface area (Å²) in [5.41, 5.74) is 4.89. The van der Waals surface area contributed by atoms with Crippen molar-refractivity contribution in [2.45, 2.75) is 27.2 Å². The molecule has 2 rings (SSSR count). The predicted octanol–water partition coefficient (Wildman–Crippen LogP) is 3.67. The zero-order valence-corrected chi connectivity index (χ0v) is 15.7. The van der Waals surface area contributed by atoms with Crippen LogP contribution in [0.1, 0.15) is 22.3 Å². The van der Waals surface area contributed by atoms with Gasteiger partial charge in [0.25, 0.3) is 0 Å². The number of aryl methyl sites for hydroxylation is 3. The van der Waals surface area contributed by atoms with E-state index in [1.165, 1.54) is 0 Å². The molecular formula is C19H21BrN2O2. The molecule has 2 N–H and O–H groups in total. The van der Waals surface area contributed by atoms with Gasteiger partial charge in [0.15, 0.2) is 0 Å². The number of rotatable bonds is 5. The van der Waals surface area contributed by atoms with Crippen molar-refractivity contribution in [2.75, 3.05) is 11.9 Å². The first-order valence-corrected chi connectivity index (χ1v) is 8.54. The Kier molecular flexibility index (Phi) is 6.15. The summed E-state index contributed by atoms with van der Waals surface area (Å²) in [6.07, 6.45) is 0.233. The Hall–Kier alpha value is -2.14. The lowest BCUT2D eigenvalue weighted by molar-refractivity contribution is -0.123. The smallest absolute Gasteiger partial charge is 0.243 e. The number of nitrogens with one attached hydrogen (secondary N) is 2. The maximum atomic E-state index is 12.1. The van der Waals surface area contributed by atoms with Crippen molar-refractivity contribution >= 4 is 33.4 Å². The van der Waals surface area contributed by atoms with Crippen LogP contribution in [0.2, 0.25) is 0 Å². The van der Waals surface area contributed by atoms with Crippen molar-refractivity contribution in [3.63, 3.8) is 0 Å². The summed E-state index contributed by atoms with van der Waals surface area (Å²) < 4.78 is 0.885. The van der Waals surface area contributed by atoms with E-state index in [9.17, 15) is 9.59 Å². The van der Waals surface area contributed by atoms with E-state index in [-0.39, 0.29) is 24.8 Å². The maximum Gasteiger partial charge on any atom is 0.243 e. The summed E-state index contributed by atoms with van der Waals surface area (Å²) in [7, 11) is 0. The first-order valence-electron chi connectivity index (χ1n) is 7.74. The molecular weight excluding hydrogens is 368 g/mol. The average molecular weight is 389 g/mol. The van der Waals surface area contributed by atoms with Gasteiger partial charge in [-0.1, -0.05) is 51.8 Å². The van der Waals surface area contributed by atoms with Gasteiger partial charge in [0.1, 0.15) is 0 Å². The standard InChI is InChI=1S/C19H21BrN2O2/c1-12-8-13(2)19(14(3)9-12)22-18(24)11-21-17(23)10-15-6-4-5-7-16(15)20/h4-9H,10-11H2,1-3H3,(H,21,23)(H,22,24). The molecule has 0 saturated heterocycles. The summed E-state index contributed by atoms with van der Waals surface area (Å²) in [5.74, 6) is -0.417. The van der Waals surface area contributed by atoms with Crippen LogP contribution in [0, 0.1) is 20.8 Å². The number of amides is 2. The van der Waals surface area contributed by atoms with Crippen molar-refractivity contribution in [1.29, 1.82) is 0 Å². The molecule has 0 bridgehead atoms. The molecule has 2 amide bonds. The second kappa shape index (κ2) is 8.11. The lowest BCUT2D eigenvalue weighted by Gasteiger charge is -2.13. The van der Waals surface area contributed by atoms with Crippen LogP contribution in [-0.2, 0) is 16.0 Å². The fourth-order valence-electron chi connectivity index (χ4n) is 2.62. The molecule has 0 aliphatic heterocycles. The SMILES string of the molecule is Cc1cc(C)c(NC(=O)CNC(=O)Cc2ccccc2Br)c(C)c1. The van der Waals surface area contributed by atoms with Gasteiger partial charge < -0.3 is 10.6 Å². The van der Waals surface area contributed by atoms with E-state index in [1.807, 2.05) is 57.2 Å². The summed E-state index contributed by atoms with van der Waals surface area (Å²) in [6.45, 7) is 5.89. The summed E-state index contributed by atoms with van der Waals surface area (Å²) in [6, 6.07) is 11.6. The van der Waals surface area contributed by atoms with E-state index in [0.29, 0.717) is 0 Å². The van der Waals surface area contributed by atoms with Gasteiger partial charge in [0.2, 0.25) is 11.8 Å². The third-order valence-corrected chi connectivity index (χ3v) is 4.47. The van der Waals surface area contributed by atoms with Gasteiger partial charge >= 0.3 is 0 Å². The molecule has 2 aromatic carbocycles. The molecule has 0 radical (unpaired) electrons. The van der Waals surface area contributed by atoms with Gasteiger partial charge in [-0.05, 0) is 43.5 Å². The Balaban J connectivity index is 1.90. The predicted molar refractivity (Wildman–Crippen MR) is 100 cm³/mol. The van der Waals surface area contributed by atoms with Crippen molar-refractivity contribution in [2.24, 2.45) is 0 Å². The van der Waals surface area contributed by atoms with E-state index in [2.05, 4.69) is 26.6 Å². The topological polar surface area (TPSA) is 58.2 Å². The highest BCUT2D eigenvalue weighted by molar-refractivity contribution is 9.10. The molecule has 0 atom stereocenters. The highest BCUT2D eigenvalue weighted by Gasteiger charge is 2.11. The fraction of sp³-hybridized carbons (Fsp3) is 0.263. The van der Waals surface area contributed by atoms with Crippen LogP contribution in [0.15, 0.2) is 40.9 Å². The summed E-state index contributed by atoms with van der Waals surface area (Å²) in [5, 5.41) is 5.53. The minimum absolute atomic E-state index is 0.0456. The van der Waals surface area contributed by atoms with Gasteiger partial charge in [-0.25, -0.2) is 0 Å². The molecule has 0 aromatic heterocycles. The quantitative estimate of drug-likeness (QED) is 0.820. The zero-order valence-electron chi connectivity index (χ0n) is 14.1. The minimum Gasteiger partial charge on any atom is -0.347 e. The highest BCUT2D eigenvalue weighted by atomic mass is 79.9. The molecule has 5 heteroatoms. The first kappa shape index (κ1) is 18.2. The molecule has 2 aromatic rings. The molecule has 24 heavy (non-hydrogen) atoms. The van der Waals surface area contributed by atoms with E-state index >= 15 is 0 Å². The molecule has 0 fully saturated rings. The molecule has 0 heterocycles. The van der Waals surface area contributed by atoms with Crippen LogP contribution in [0.25, 0.3) is 0 Å². The molecule has 0 aliphatic carbocycles. The molecule has 0 unspecified atom stereocenters. The minimum atomic E-state index is -0.231. The normalized spacial score (nSPS) is 10.3. The number of carbonyl (C=O) groups excluding carboxylic acids is 2. The van der Waals surface area contributed by atoms with E-state index in [1.54, 1.807) is 0 Å². The second-order valence-electron chi connectivity index (χ2n) is 5.87. The van der Waals surface area contributed by atoms with Crippen LogP contribution in [0.5, 0.6) is 0 Å². The van der Waals surface area contributed by atoms with Crippen molar-refractivity contribution in [3.05, 3.63) is 63.1 Å². The number of benzene rings is 2. The first-order chi connectivity index (χ1) is 11.4. The van der Waals surface area contributed by atoms with E-state index in [0.717, 1.165) is 32.4 Å². The van der Waals surface area contributed by atoms with Crippen LogP contribution < -0.4 is 10.6 Å². The number of anilines is 1. The summed E-state index contributed by atoms with van der Waals surface area (Å²) >= 11 is 3.41. The molecule has 0 spiro atoms. The van der Waals surface area contributed by atoms with Crippen molar-refractivity contribution < 1.29 is 9.59 Å². The third-order valence-electron chi connectivity index (χ3n) is 3.70. The largest absolute Gasteiger partial charge is 0.347 e. The number of carbonyl (C=O) groups is 2. The van der Waals surface area contributed by atoms with Crippen molar-refractivity contribution in [1.82, 2.24) is 5.32 Å². The fourth-order valence-corrected chi connectivity index (χ4v) is 3.04. The van der Waals surface area contributed by atoms with E-state index < -0.39 is 0 Å². The Labute approximate surface area is 150 Å².